The number of nitrogens with one attached hydrogen (secondary N) is 1. The van der Waals surface area contributed by atoms with Crippen molar-refractivity contribution in [1.82, 2.24) is 25.0 Å². The van der Waals surface area contributed by atoms with Crippen LogP contribution in [-0.2, 0) is 20.1 Å². The minimum absolute atomic E-state index is 0.515. The lowest BCUT2D eigenvalue weighted by Crippen LogP contribution is -2.39. The Bertz CT molecular complexity index is 667. The normalized spacial score (nSPS) is 11.6. The van der Waals surface area contributed by atoms with Crippen LogP contribution in [0, 0.1) is 6.92 Å². The van der Waals surface area contributed by atoms with Crippen LogP contribution in [0.4, 0.5) is 0 Å². The van der Waals surface area contributed by atoms with E-state index in [1.165, 1.54) is 5.56 Å². The second-order valence-electron chi connectivity index (χ2n) is 5.98. The quantitative estimate of drug-likeness (QED) is 0.445. The van der Waals surface area contributed by atoms with Crippen molar-refractivity contribution in [3.63, 3.8) is 0 Å². The van der Waals surface area contributed by atoms with Gasteiger partial charge in [0.25, 0.3) is 0 Å². The molecule has 0 atom stereocenters. The van der Waals surface area contributed by atoms with Crippen molar-refractivity contribution in [2.24, 2.45) is 12.0 Å². The monoisotopic (exact) mass is 360 g/mol. The number of hydrogen-bond acceptors (Lipinski definition) is 4. The second-order valence-corrected chi connectivity index (χ2v) is 6.96. The Morgan fingerprint density at radius 3 is 2.68 bits per heavy atom. The van der Waals surface area contributed by atoms with E-state index in [1.54, 1.807) is 0 Å². The van der Waals surface area contributed by atoms with Gasteiger partial charge in [0.2, 0.25) is 0 Å². The van der Waals surface area contributed by atoms with Gasteiger partial charge < -0.3 is 14.8 Å². The Hall–Kier alpha value is -2.02. The molecule has 0 radical (unpaired) electrons. The predicted octanol–water partition coefficient (Wildman–Crippen LogP) is 2.45. The maximum Gasteiger partial charge on any atom is 0.194 e. The van der Waals surface area contributed by atoms with Crippen LogP contribution in [0.2, 0.25) is 0 Å². The highest BCUT2D eigenvalue weighted by Gasteiger charge is 2.09. The van der Waals surface area contributed by atoms with Gasteiger partial charge in [0.15, 0.2) is 11.8 Å². The minimum atomic E-state index is 0.515. The molecule has 7 heteroatoms. The Morgan fingerprint density at radius 2 is 2.04 bits per heavy atom. The molecule has 0 aliphatic heterocycles. The van der Waals surface area contributed by atoms with Gasteiger partial charge in [-0.3, -0.25) is 0 Å². The molecule has 6 nitrogen and oxygen atoms in total. The van der Waals surface area contributed by atoms with Crippen molar-refractivity contribution >= 4 is 17.7 Å². The topological polar surface area (TPSA) is 58.3 Å². The van der Waals surface area contributed by atoms with Crippen molar-refractivity contribution in [2.45, 2.75) is 26.4 Å². The zero-order chi connectivity index (χ0) is 18.1. The van der Waals surface area contributed by atoms with Crippen LogP contribution in [0.5, 0.6) is 0 Å². The Morgan fingerprint density at radius 1 is 1.28 bits per heavy atom. The summed E-state index contributed by atoms with van der Waals surface area (Å²) in [7, 11) is 4.04. The number of thioether (sulfide) groups is 1. The fourth-order valence-electron chi connectivity index (χ4n) is 2.39. The Kier molecular flexibility index (Phi) is 7.78. The van der Waals surface area contributed by atoms with E-state index >= 15 is 0 Å². The maximum absolute atomic E-state index is 4.76. The van der Waals surface area contributed by atoms with Crippen LogP contribution < -0.4 is 5.32 Å². The lowest BCUT2D eigenvalue weighted by molar-refractivity contribution is 0.474. The molecular formula is C18H28N6S. The summed E-state index contributed by atoms with van der Waals surface area (Å²) in [5, 5.41) is 11.8. The summed E-state index contributed by atoms with van der Waals surface area (Å²) in [4.78, 5) is 6.91. The number of hydrogen-bond donors (Lipinski definition) is 1. The van der Waals surface area contributed by atoms with Crippen LogP contribution in [0.25, 0.3) is 0 Å². The van der Waals surface area contributed by atoms with Crippen molar-refractivity contribution in [3.8, 4) is 0 Å². The standard InChI is InChI=1S/C18H28N6S/c1-15-21-22-17(24(15)3)13-20-18(19-11-8-12-25-4)23(2)14-16-9-6-5-7-10-16/h5-7,9-10H,8,11-14H2,1-4H3,(H,19,20). The summed E-state index contributed by atoms with van der Waals surface area (Å²) < 4.78 is 1.98. The first-order valence-corrected chi connectivity index (χ1v) is 9.88. The number of benzene rings is 1. The van der Waals surface area contributed by atoms with Crippen LogP contribution in [-0.4, -0.2) is 51.2 Å². The number of aryl methyl sites for hydroxylation is 1. The molecule has 1 aromatic heterocycles. The molecule has 2 aromatic rings. The highest BCUT2D eigenvalue weighted by molar-refractivity contribution is 7.98. The molecule has 0 saturated heterocycles. The SMILES string of the molecule is CSCCCNC(=NCc1nnc(C)n1C)N(C)Cc1ccccc1. The number of rotatable bonds is 8. The highest BCUT2D eigenvalue weighted by atomic mass is 32.2. The predicted molar refractivity (Wildman–Crippen MR) is 106 cm³/mol. The Labute approximate surface area is 154 Å². The fraction of sp³-hybridized carbons (Fsp3) is 0.500. The van der Waals surface area contributed by atoms with E-state index in [0.29, 0.717) is 6.54 Å². The third-order valence-corrected chi connectivity index (χ3v) is 4.68. The summed E-state index contributed by atoms with van der Waals surface area (Å²) in [5.41, 5.74) is 1.26. The number of aliphatic imine (C=N–C) groups is 1. The van der Waals surface area contributed by atoms with Crippen LogP contribution in [0.3, 0.4) is 0 Å². The van der Waals surface area contributed by atoms with Crippen molar-refractivity contribution in [3.05, 3.63) is 47.5 Å². The molecule has 1 aromatic carbocycles. The zero-order valence-corrected chi connectivity index (χ0v) is 16.4. The summed E-state index contributed by atoms with van der Waals surface area (Å²) in [6.45, 7) is 4.19. The van der Waals surface area contributed by atoms with E-state index in [9.17, 15) is 0 Å². The molecular weight excluding hydrogens is 332 g/mol. The van der Waals surface area contributed by atoms with Crippen LogP contribution in [0.1, 0.15) is 23.6 Å². The average molecular weight is 361 g/mol. The minimum Gasteiger partial charge on any atom is -0.356 e. The fourth-order valence-corrected chi connectivity index (χ4v) is 2.83. The summed E-state index contributed by atoms with van der Waals surface area (Å²) >= 11 is 1.86. The second kappa shape index (κ2) is 10.1. The molecule has 2 rings (SSSR count). The zero-order valence-electron chi connectivity index (χ0n) is 15.6. The van der Waals surface area contributed by atoms with E-state index in [1.807, 2.05) is 36.4 Å². The number of nitrogens with zero attached hydrogens (tertiary/aromatic N) is 5. The largest absolute Gasteiger partial charge is 0.356 e. The van der Waals surface area contributed by atoms with Gasteiger partial charge in [-0.2, -0.15) is 11.8 Å². The molecule has 136 valence electrons. The van der Waals surface area contributed by atoms with Gasteiger partial charge in [-0.05, 0) is 30.9 Å². The maximum atomic E-state index is 4.76. The van der Waals surface area contributed by atoms with Gasteiger partial charge in [0.05, 0.1) is 0 Å². The Balaban J connectivity index is 2.05. The van der Waals surface area contributed by atoms with E-state index < -0.39 is 0 Å². The van der Waals surface area contributed by atoms with Crippen LogP contribution >= 0.6 is 11.8 Å². The number of guanidine groups is 1. The third kappa shape index (κ3) is 6.08. The van der Waals surface area contributed by atoms with Crippen molar-refractivity contribution < 1.29 is 0 Å². The molecule has 1 heterocycles. The molecule has 0 amide bonds. The van der Waals surface area contributed by atoms with Crippen molar-refractivity contribution in [2.75, 3.05) is 25.6 Å². The first kappa shape index (κ1) is 19.3. The molecule has 0 fully saturated rings. The van der Waals surface area contributed by atoms with E-state index in [0.717, 1.165) is 42.9 Å². The lowest BCUT2D eigenvalue weighted by atomic mass is 10.2. The number of aromatic nitrogens is 3. The molecule has 0 unspecified atom stereocenters. The van der Waals surface area contributed by atoms with Gasteiger partial charge in [0, 0.05) is 27.2 Å². The lowest BCUT2D eigenvalue weighted by Gasteiger charge is -2.22. The van der Waals surface area contributed by atoms with Gasteiger partial charge in [0.1, 0.15) is 12.4 Å². The van der Waals surface area contributed by atoms with E-state index in [4.69, 9.17) is 4.99 Å². The summed E-state index contributed by atoms with van der Waals surface area (Å²) in [6.07, 6.45) is 3.25. The van der Waals surface area contributed by atoms with Gasteiger partial charge in [-0.15, -0.1) is 10.2 Å². The molecule has 1 N–H and O–H groups in total. The molecule has 0 bridgehead atoms. The van der Waals surface area contributed by atoms with E-state index in [-0.39, 0.29) is 0 Å². The average Bonchev–Trinajstić information content (AvgIpc) is 2.94. The van der Waals surface area contributed by atoms with Gasteiger partial charge in [-0.25, -0.2) is 4.99 Å². The first-order chi connectivity index (χ1) is 12.1. The molecule has 0 aliphatic carbocycles. The highest BCUT2D eigenvalue weighted by Crippen LogP contribution is 2.05. The summed E-state index contributed by atoms with van der Waals surface area (Å²) in [5.74, 6) is 3.81. The van der Waals surface area contributed by atoms with Gasteiger partial charge >= 0.3 is 0 Å². The molecule has 0 aliphatic rings. The van der Waals surface area contributed by atoms with Gasteiger partial charge in [-0.1, -0.05) is 30.3 Å². The van der Waals surface area contributed by atoms with Crippen molar-refractivity contribution in [1.29, 1.82) is 0 Å². The van der Waals surface area contributed by atoms with Crippen LogP contribution in [0.15, 0.2) is 35.3 Å². The molecule has 25 heavy (non-hydrogen) atoms. The molecule has 0 saturated carbocycles. The smallest absolute Gasteiger partial charge is 0.194 e. The summed E-state index contributed by atoms with van der Waals surface area (Å²) in [6, 6.07) is 10.4. The molecule has 0 spiro atoms. The van der Waals surface area contributed by atoms with E-state index in [2.05, 4.69) is 58.0 Å². The third-order valence-electron chi connectivity index (χ3n) is 3.99. The first-order valence-electron chi connectivity index (χ1n) is 8.49.